The van der Waals surface area contributed by atoms with Crippen molar-refractivity contribution in [2.75, 3.05) is 20.2 Å². The van der Waals surface area contributed by atoms with Gasteiger partial charge >= 0.3 is 12.0 Å². The Bertz CT molecular complexity index is 498. The average molecular weight is 404 g/mol. The van der Waals surface area contributed by atoms with Crippen molar-refractivity contribution in [3.63, 3.8) is 0 Å². The second-order valence-electron chi connectivity index (χ2n) is 6.11. The Morgan fingerprint density at radius 3 is 2.04 bits per heavy atom. The quantitative estimate of drug-likeness (QED) is 0.169. The smallest absolute Gasteiger partial charge is 0.312 e. The first-order chi connectivity index (χ1) is 13.2. The average Bonchev–Trinajstić information content (AvgIpc) is 2.62. The van der Waals surface area contributed by atoms with Gasteiger partial charge < -0.3 is 31.5 Å². The number of carbonyl (C=O) groups excluding carboxylic acids is 4. The number of rotatable bonds is 12. The predicted octanol–water partition coefficient (Wildman–Crippen LogP) is -0.264. The summed E-state index contributed by atoms with van der Waals surface area (Å²) >= 11 is 0. The lowest BCUT2D eigenvalue weighted by molar-refractivity contribution is -0.141. The molecule has 162 valence electrons. The first-order valence-electron chi connectivity index (χ1n) is 8.94. The molecule has 1 unspecified atom stereocenters. The van der Waals surface area contributed by atoms with Crippen LogP contribution in [0.3, 0.4) is 0 Å². The van der Waals surface area contributed by atoms with E-state index >= 15 is 0 Å². The third-order valence-electron chi connectivity index (χ3n) is 3.48. The molecule has 0 saturated carbocycles. The fourth-order valence-corrected chi connectivity index (χ4v) is 2.06. The molecule has 0 spiro atoms. The lowest BCUT2D eigenvalue weighted by atomic mass is 10.0. The molecule has 0 aliphatic heterocycles. The van der Waals surface area contributed by atoms with Crippen molar-refractivity contribution in [1.29, 1.82) is 0 Å². The molecule has 0 heterocycles. The van der Waals surface area contributed by atoms with Crippen LogP contribution in [0.2, 0.25) is 0 Å². The first kappa shape index (κ1) is 27.4. The minimum atomic E-state index is -0.630. The second-order valence-corrected chi connectivity index (χ2v) is 6.11. The maximum atomic E-state index is 12.2. The van der Waals surface area contributed by atoms with E-state index in [0.717, 1.165) is 0 Å². The van der Waals surface area contributed by atoms with E-state index in [4.69, 9.17) is 15.6 Å². The number of methoxy groups -OCH3 is 1. The summed E-state index contributed by atoms with van der Waals surface area (Å²) in [5, 5.41) is 14.8. The summed E-state index contributed by atoms with van der Waals surface area (Å²) in [6.07, 6.45) is 2.07. The van der Waals surface area contributed by atoms with E-state index in [0.29, 0.717) is 32.4 Å². The standard InChI is InChI=1S/C16H30N4O5.CH2O2/c1-11(2)14(20-12(21)7-6-8-13(22)25-3)15(23)18-9-4-5-10-19-16(17)24;2-1-3/h11,14H,4-10H2,1-3H3,(H,18,23)(H,20,21)(H3,17,19,24);1H,(H,2,3). The van der Waals surface area contributed by atoms with Crippen molar-refractivity contribution in [2.24, 2.45) is 11.7 Å². The van der Waals surface area contributed by atoms with Crippen LogP contribution >= 0.6 is 0 Å². The van der Waals surface area contributed by atoms with E-state index in [-0.39, 0.29) is 43.0 Å². The molecule has 6 N–H and O–H groups in total. The number of unbranched alkanes of at least 4 members (excludes halogenated alkanes) is 1. The number of carboxylic acid groups (broad SMARTS) is 1. The number of primary amides is 1. The largest absolute Gasteiger partial charge is 0.483 e. The molecule has 0 fully saturated rings. The summed E-state index contributed by atoms with van der Waals surface area (Å²) in [5.74, 6) is -0.958. The maximum Gasteiger partial charge on any atom is 0.312 e. The number of nitrogens with two attached hydrogens (primary N) is 1. The number of ether oxygens (including phenoxy) is 1. The van der Waals surface area contributed by atoms with Gasteiger partial charge in [0.2, 0.25) is 11.8 Å². The highest BCUT2D eigenvalue weighted by atomic mass is 16.5. The fraction of sp³-hybridized carbons (Fsp3) is 0.706. The van der Waals surface area contributed by atoms with Crippen LogP contribution in [0.5, 0.6) is 0 Å². The molecule has 0 aromatic heterocycles. The third-order valence-corrected chi connectivity index (χ3v) is 3.48. The van der Waals surface area contributed by atoms with Crippen molar-refractivity contribution < 1.29 is 33.8 Å². The van der Waals surface area contributed by atoms with Crippen LogP contribution in [0.4, 0.5) is 4.79 Å². The van der Waals surface area contributed by atoms with Gasteiger partial charge in [-0.1, -0.05) is 13.8 Å². The van der Waals surface area contributed by atoms with Crippen LogP contribution in [-0.2, 0) is 23.9 Å². The first-order valence-corrected chi connectivity index (χ1v) is 8.94. The predicted molar refractivity (Wildman–Crippen MR) is 101 cm³/mol. The van der Waals surface area contributed by atoms with Gasteiger partial charge in [0.05, 0.1) is 7.11 Å². The topological polar surface area (TPSA) is 177 Å². The van der Waals surface area contributed by atoms with Crippen molar-refractivity contribution >= 4 is 30.3 Å². The molecular weight excluding hydrogens is 372 g/mol. The van der Waals surface area contributed by atoms with Crippen molar-refractivity contribution in [3.8, 4) is 0 Å². The van der Waals surface area contributed by atoms with Crippen molar-refractivity contribution in [1.82, 2.24) is 16.0 Å². The molecule has 1 atom stereocenters. The molecule has 0 aromatic rings. The second kappa shape index (κ2) is 17.6. The number of hydrogen-bond donors (Lipinski definition) is 5. The Kier molecular flexibility index (Phi) is 17.2. The van der Waals surface area contributed by atoms with Crippen LogP contribution in [0.25, 0.3) is 0 Å². The monoisotopic (exact) mass is 404 g/mol. The molecule has 0 bridgehead atoms. The Labute approximate surface area is 164 Å². The summed E-state index contributed by atoms with van der Waals surface area (Å²) in [7, 11) is 1.30. The number of amides is 4. The third kappa shape index (κ3) is 16.6. The van der Waals surface area contributed by atoms with E-state index in [1.165, 1.54) is 7.11 Å². The lowest BCUT2D eigenvalue weighted by Crippen LogP contribution is -2.49. The van der Waals surface area contributed by atoms with Gasteiger partial charge in [-0.2, -0.15) is 0 Å². The number of hydrogen-bond acceptors (Lipinski definition) is 6. The highest BCUT2D eigenvalue weighted by Crippen LogP contribution is 2.04. The minimum Gasteiger partial charge on any atom is -0.483 e. The van der Waals surface area contributed by atoms with E-state index in [9.17, 15) is 19.2 Å². The molecule has 28 heavy (non-hydrogen) atoms. The van der Waals surface area contributed by atoms with Crippen LogP contribution in [-0.4, -0.2) is 61.6 Å². The maximum absolute atomic E-state index is 12.2. The molecular formula is C17H32N4O7. The van der Waals surface area contributed by atoms with Gasteiger partial charge in [-0.3, -0.25) is 19.2 Å². The molecule has 11 nitrogen and oxygen atoms in total. The van der Waals surface area contributed by atoms with Crippen LogP contribution in [0.1, 0.15) is 46.0 Å². The number of esters is 1. The molecule has 4 amide bonds. The van der Waals surface area contributed by atoms with Gasteiger partial charge in [-0.05, 0) is 25.2 Å². The van der Waals surface area contributed by atoms with Crippen LogP contribution < -0.4 is 21.7 Å². The zero-order valence-corrected chi connectivity index (χ0v) is 16.7. The zero-order valence-electron chi connectivity index (χ0n) is 16.7. The van der Waals surface area contributed by atoms with E-state index in [1.54, 1.807) is 0 Å². The normalized spacial score (nSPS) is 10.7. The Morgan fingerprint density at radius 1 is 1.04 bits per heavy atom. The van der Waals surface area contributed by atoms with Crippen LogP contribution in [0.15, 0.2) is 0 Å². The number of nitrogens with one attached hydrogen (secondary N) is 3. The van der Waals surface area contributed by atoms with Crippen LogP contribution in [0, 0.1) is 5.92 Å². The number of urea groups is 1. The summed E-state index contributed by atoms with van der Waals surface area (Å²) in [6.45, 7) is 4.34. The van der Waals surface area contributed by atoms with Gasteiger partial charge in [0.25, 0.3) is 6.47 Å². The molecule has 0 aliphatic carbocycles. The SMILES string of the molecule is COC(=O)CCCC(=O)NC(C(=O)NCCCCNC(N)=O)C(C)C.O=CO. The highest BCUT2D eigenvalue weighted by molar-refractivity contribution is 5.87. The van der Waals surface area contributed by atoms with Crippen molar-refractivity contribution in [2.45, 2.75) is 52.0 Å². The fourth-order valence-electron chi connectivity index (χ4n) is 2.06. The van der Waals surface area contributed by atoms with E-state index in [2.05, 4.69) is 20.7 Å². The Balaban J connectivity index is 0. The summed E-state index contributed by atoms with van der Waals surface area (Å²) in [5.41, 5.74) is 4.95. The zero-order chi connectivity index (χ0) is 21.9. The van der Waals surface area contributed by atoms with E-state index in [1.807, 2.05) is 13.8 Å². The van der Waals surface area contributed by atoms with Gasteiger partial charge in [-0.25, -0.2) is 4.79 Å². The Morgan fingerprint density at radius 2 is 1.57 bits per heavy atom. The molecule has 0 saturated heterocycles. The van der Waals surface area contributed by atoms with E-state index < -0.39 is 12.1 Å². The molecule has 0 radical (unpaired) electrons. The molecule has 11 heteroatoms. The molecule has 0 aromatic carbocycles. The summed E-state index contributed by atoms with van der Waals surface area (Å²) in [4.78, 5) is 54.0. The minimum absolute atomic E-state index is 0.0684. The molecule has 0 rings (SSSR count). The number of carbonyl (C=O) groups is 5. The summed E-state index contributed by atoms with van der Waals surface area (Å²) < 4.78 is 4.51. The van der Waals surface area contributed by atoms with Gasteiger partial charge in [-0.15, -0.1) is 0 Å². The molecule has 0 aliphatic rings. The van der Waals surface area contributed by atoms with Crippen molar-refractivity contribution in [3.05, 3.63) is 0 Å². The summed E-state index contributed by atoms with van der Waals surface area (Å²) in [6, 6.07) is -1.20. The Hall–Kier alpha value is -2.85. The van der Waals surface area contributed by atoms with Gasteiger partial charge in [0.15, 0.2) is 0 Å². The van der Waals surface area contributed by atoms with Gasteiger partial charge in [0, 0.05) is 25.9 Å². The van der Waals surface area contributed by atoms with Gasteiger partial charge in [0.1, 0.15) is 6.04 Å². The lowest BCUT2D eigenvalue weighted by Gasteiger charge is -2.21. The highest BCUT2D eigenvalue weighted by Gasteiger charge is 2.23.